The van der Waals surface area contributed by atoms with Crippen LogP contribution in [0.15, 0.2) is 0 Å². The maximum atomic E-state index is 12.2. The van der Waals surface area contributed by atoms with E-state index in [1.807, 2.05) is 4.90 Å². The third-order valence-electron chi connectivity index (χ3n) is 4.45. The Balaban J connectivity index is 1.78. The van der Waals surface area contributed by atoms with Crippen molar-refractivity contribution in [3.8, 4) is 0 Å². The van der Waals surface area contributed by atoms with Crippen LogP contribution in [0.2, 0.25) is 0 Å². The molecule has 0 saturated carbocycles. The molecule has 5 nitrogen and oxygen atoms in total. The van der Waals surface area contributed by atoms with Crippen LogP contribution >= 0.6 is 0 Å². The lowest BCUT2D eigenvalue weighted by atomic mass is 10.1. The van der Waals surface area contributed by atoms with Crippen molar-refractivity contribution in [3.63, 3.8) is 0 Å². The summed E-state index contributed by atoms with van der Waals surface area (Å²) < 4.78 is 0. The summed E-state index contributed by atoms with van der Waals surface area (Å²) in [7, 11) is 0. The lowest BCUT2D eigenvalue weighted by molar-refractivity contribution is -0.130. The molecule has 0 aromatic heterocycles. The van der Waals surface area contributed by atoms with Gasteiger partial charge in [0, 0.05) is 31.6 Å². The van der Waals surface area contributed by atoms with E-state index < -0.39 is 0 Å². The molecule has 0 radical (unpaired) electrons. The number of amides is 2. The first kappa shape index (κ1) is 15.3. The average Bonchev–Trinajstić information content (AvgIpc) is 3.05. The second-order valence-electron chi connectivity index (χ2n) is 6.12. The summed E-state index contributed by atoms with van der Waals surface area (Å²) in [4.78, 5) is 26.0. The van der Waals surface area contributed by atoms with Gasteiger partial charge in [-0.25, -0.2) is 0 Å². The van der Waals surface area contributed by atoms with E-state index in [1.165, 1.54) is 6.42 Å². The van der Waals surface area contributed by atoms with E-state index in [1.54, 1.807) is 0 Å². The van der Waals surface area contributed by atoms with Crippen LogP contribution in [0, 0.1) is 5.92 Å². The highest BCUT2D eigenvalue weighted by Crippen LogP contribution is 2.22. The van der Waals surface area contributed by atoms with Crippen molar-refractivity contribution in [2.75, 3.05) is 19.6 Å². The SMILES string of the molecule is CCCC(C)N1CC(C(=O)NCC2CCCN2)CC1=O. The molecule has 2 amide bonds. The Morgan fingerprint density at radius 3 is 3.00 bits per heavy atom. The van der Waals surface area contributed by atoms with Crippen molar-refractivity contribution < 1.29 is 9.59 Å². The van der Waals surface area contributed by atoms with E-state index in [0.717, 1.165) is 25.8 Å². The molecule has 3 atom stereocenters. The van der Waals surface area contributed by atoms with Gasteiger partial charge in [0.05, 0.1) is 5.92 Å². The van der Waals surface area contributed by atoms with Gasteiger partial charge in [-0.3, -0.25) is 9.59 Å². The number of nitrogens with zero attached hydrogens (tertiary/aromatic N) is 1. The van der Waals surface area contributed by atoms with Crippen LogP contribution in [0.5, 0.6) is 0 Å². The Labute approximate surface area is 121 Å². The quantitative estimate of drug-likeness (QED) is 0.760. The van der Waals surface area contributed by atoms with Gasteiger partial charge < -0.3 is 15.5 Å². The van der Waals surface area contributed by atoms with Gasteiger partial charge in [-0.15, -0.1) is 0 Å². The largest absolute Gasteiger partial charge is 0.354 e. The minimum Gasteiger partial charge on any atom is -0.354 e. The lowest BCUT2D eigenvalue weighted by Crippen LogP contribution is -2.41. The minimum absolute atomic E-state index is 0.0400. The van der Waals surface area contributed by atoms with Gasteiger partial charge in [-0.05, 0) is 32.7 Å². The predicted octanol–water partition coefficient (Wildman–Crippen LogP) is 0.892. The van der Waals surface area contributed by atoms with Crippen molar-refractivity contribution in [2.24, 2.45) is 5.92 Å². The Kier molecular flexibility index (Phi) is 5.40. The Bertz CT molecular complexity index is 353. The van der Waals surface area contributed by atoms with E-state index in [2.05, 4.69) is 24.5 Å². The monoisotopic (exact) mass is 281 g/mol. The van der Waals surface area contributed by atoms with Crippen LogP contribution in [0.25, 0.3) is 0 Å². The first-order valence-electron chi connectivity index (χ1n) is 7.92. The summed E-state index contributed by atoms with van der Waals surface area (Å²) in [6, 6.07) is 0.660. The number of carbonyl (C=O) groups is 2. The van der Waals surface area contributed by atoms with Crippen LogP contribution in [-0.4, -0.2) is 48.4 Å². The van der Waals surface area contributed by atoms with E-state index in [9.17, 15) is 9.59 Å². The van der Waals surface area contributed by atoms with Crippen molar-refractivity contribution in [1.29, 1.82) is 0 Å². The molecular weight excluding hydrogens is 254 g/mol. The fourth-order valence-electron chi connectivity index (χ4n) is 3.21. The van der Waals surface area contributed by atoms with Gasteiger partial charge >= 0.3 is 0 Å². The molecule has 2 rings (SSSR count). The third-order valence-corrected chi connectivity index (χ3v) is 4.45. The maximum absolute atomic E-state index is 12.2. The van der Waals surface area contributed by atoms with Gasteiger partial charge in [0.15, 0.2) is 0 Å². The molecule has 0 aliphatic carbocycles. The average molecular weight is 281 g/mol. The number of rotatable bonds is 6. The van der Waals surface area contributed by atoms with Crippen molar-refractivity contribution >= 4 is 11.8 Å². The van der Waals surface area contributed by atoms with E-state index in [0.29, 0.717) is 25.6 Å². The predicted molar refractivity (Wildman–Crippen MR) is 78.2 cm³/mol. The summed E-state index contributed by atoms with van der Waals surface area (Å²) in [5.74, 6) is 0.00606. The van der Waals surface area contributed by atoms with Crippen molar-refractivity contribution in [1.82, 2.24) is 15.5 Å². The highest BCUT2D eigenvalue weighted by molar-refractivity contribution is 5.89. The van der Waals surface area contributed by atoms with E-state index >= 15 is 0 Å². The first-order valence-corrected chi connectivity index (χ1v) is 7.92. The molecule has 3 unspecified atom stereocenters. The maximum Gasteiger partial charge on any atom is 0.225 e. The van der Waals surface area contributed by atoms with Gasteiger partial charge in [-0.2, -0.15) is 0 Å². The molecule has 20 heavy (non-hydrogen) atoms. The van der Waals surface area contributed by atoms with Crippen LogP contribution in [0.1, 0.15) is 46.0 Å². The summed E-state index contributed by atoms with van der Waals surface area (Å²) in [6.07, 6.45) is 4.76. The summed E-state index contributed by atoms with van der Waals surface area (Å²) >= 11 is 0. The van der Waals surface area contributed by atoms with Crippen LogP contribution in [0.4, 0.5) is 0 Å². The Hall–Kier alpha value is -1.10. The summed E-state index contributed by atoms with van der Waals surface area (Å²) in [6.45, 7) is 6.52. The van der Waals surface area contributed by atoms with Crippen LogP contribution < -0.4 is 10.6 Å². The van der Waals surface area contributed by atoms with Crippen LogP contribution in [0.3, 0.4) is 0 Å². The molecule has 2 N–H and O–H groups in total. The van der Waals surface area contributed by atoms with Gasteiger partial charge in [0.25, 0.3) is 0 Å². The normalized spacial score (nSPS) is 27.9. The van der Waals surface area contributed by atoms with E-state index in [-0.39, 0.29) is 23.8 Å². The first-order chi connectivity index (χ1) is 9.61. The fraction of sp³-hybridized carbons (Fsp3) is 0.867. The number of nitrogens with one attached hydrogen (secondary N) is 2. The minimum atomic E-state index is -0.164. The number of carbonyl (C=O) groups excluding carboxylic acids is 2. The molecule has 2 heterocycles. The third kappa shape index (κ3) is 3.72. The lowest BCUT2D eigenvalue weighted by Gasteiger charge is -2.24. The molecule has 0 spiro atoms. The zero-order valence-electron chi connectivity index (χ0n) is 12.7. The molecule has 0 bridgehead atoms. The second-order valence-corrected chi connectivity index (χ2v) is 6.12. The number of hydrogen-bond donors (Lipinski definition) is 2. The summed E-state index contributed by atoms with van der Waals surface area (Å²) in [5.41, 5.74) is 0. The van der Waals surface area contributed by atoms with Gasteiger partial charge in [0.1, 0.15) is 0 Å². The Morgan fingerprint density at radius 1 is 1.55 bits per heavy atom. The van der Waals surface area contributed by atoms with Crippen molar-refractivity contribution in [2.45, 2.75) is 58.0 Å². The molecule has 0 aromatic carbocycles. The van der Waals surface area contributed by atoms with Gasteiger partial charge in [-0.1, -0.05) is 13.3 Å². The van der Waals surface area contributed by atoms with Crippen LogP contribution in [-0.2, 0) is 9.59 Å². The molecule has 2 aliphatic heterocycles. The second kappa shape index (κ2) is 7.07. The zero-order valence-corrected chi connectivity index (χ0v) is 12.7. The molecular formula is C15H27N3O2. The zero-order chi connectivity index (χ0) is 14.5. The van der Waals surface area contributed by atoms with Gasteiger partial charge in [0.2, 0.25) is 11.8 Å². The van der Waals surface area contributed by atoms with E-state index in [4.69, 9.17) is 0 Å². The number of hydrogen-bond acceptors (Lipinski definition) is 3. The smallest absolute Gasteiger partial charge is 0.225 e. The molecule has 0 aromatic rings. The molecule has 2 saturated heterocycles. The number of likely N-dealkylation sites (tertiary alicyclic amines) is 1. The van der Waals surface area contributed by atoms with Crippen molar-refractivity contribution in [3.05, 3.63) is 0 Å². The fourth-order valence-corrected chi connectivity index (χ4v) is 3.21. The standard InChI is InChI=1S/C15H27N3O2/c1-3-5-11(2)18-10-12(8-14(18)19)15(20)17-9-13-6-4-7-16-13/h11-13,16H,3-10H2,1-2H3,(H,17,20). The summed E-state index contributed by atoms with van der Waals surface area (Å²) in [5, 5.41) is 6.36. The topological polar surface area (TPSA) is 61.4 Å². The molecule has 5 heteroatoms. The Morgan fingerprint density at radius 2 is 2.35 bits per heavy atom. The highest BCUT2D eigenvalue weighted by atomic mass is 16.2. The molecule has 114 valence electrons. The highest BCUT2D eigenvalue weighted by Gasteiger charge is 2.36. The molecule has 2 aliphatic rings. The molecule has 2 fully saturated rings.